The molecule has 1 aromatic carbocycles. The second-order valence-corrected chi connectivity index (χ2v) is 5.55. The molecule has 6 nitrogen and oxygen atoms in total. The van der Waals surface area contributed by atoms with Crippen LogP contribution >= 0.6 is 0 Å². The quantitative estimate of drug-likeness (QED) is 0.835. The number of ether oxygens (including phenoxy) is 2. The maximum atomic E-state index is 11.4. The third-order valence-electron chi connectivity index (χ3n) is 2.50. The average molecular weight is 307 g/mol. The van der Waals surface area contributed by atoms with Gasteiger partial charge in [-0.15, -0.1) is 0 Å². The number of alkyl carbamates (subject to hydrolysis) is 1. The first-order valence-corrected chi connectivity index (χ1v) is 6.77. The van der Waals surface area contributed by atoms with E-state index in [9.17, 15) is 14.7 Å². The van der Waals surface area contributed by atoms with Crippen LogP contribution in [0.5, 0.6) is 5.75 Å². The lowest BCUT2D eigenvalue weighted by molar-refractivity contribution is 0.0532. The number of carbonyl (C=O) groups is 2. The van der Waals surface area contributed by atoms with Gasteiger partial charge < -0.3 is 19.9 Å². The number of phenols is 1. The lowest BCUT2D eigenvalue weighted by atomic mass is 10.1. The highest BCUT2D eigenvalue weighted by Crippen LogP contribution is 2.20. The van der Waals surface area contributed by atoms with Crippen molar-refractivity contribution in [2.75, 3.05) is 13.7 Å². The van der Waals surface area contributed by atoms with Crippen molar-refractivity contribution >= 4 is 18.1 Å². The minimum Gasteiger partial charge on any atom is -0.507 e. The third-order valence-corrected chi connectivity index (χ3v) is 2.50. The summed E-state index contributed by atoms with van der Waals surface area (Å²) >= 11 is 0. The Hall–Kier alpha value is -2.50. The van der Waals surface area contributed by atoms with Gasteiger partial charge in [-0.3, -0.25) is 0 Å². The molecule has 0 radical (unpaired) electrons. The molecule has 0 fully saturated rings. The normalized spacial score (nSPS) is 11.3. The van der Waals surface area contributed by atoms with Crippen LogP contribution in [0, 0.1) is 0 Å². The largest absolute Gasteiger partial charge is 0.507 e. The predicted octanol–water partition coefficient (Wildman–Crippen LogP) is 2.72. The van der Waals surface area contributed by atoms with Gasteiger partial charge in [-0.2, -0.15) is 0 Å². The average Bonchev–Trinajstić information content (AvgIpc) is 2.41. The van der Waals surface area contributed by atoms with E-state index in [2.05, 4.69) is 10.1 Å². The van der Waals surface area contributed by atoms with E-state index in [1.807, 2.05) is 0 Å². The molecule has 6 heteroatoms. The number of aromatic hydroxyl groups is 1. The Labute approximate surface area is 129 Å². The SMILES string of the molecule is COC(=O)c1ccc(C=CCNC(=O)OC(C)(C)C)cc1O. The molecule has 0 spiro atoms. The lowest BCUT2D eigenvalue weighted by Gasteiger charge is -2.19. The fraction of sp³-hybridized carbons (Fsp3) is 0.375. The van der Waals surface area contributed by atoms with Crippen molar-refractivity contribution in [2.45, 2.75) is 26.4 Å². The number of hydrogen-bond acceptors (Lipinski definition) is 5. The van der Waals surface area contributed by atoms with Crippen molar-refractivity contribution in [1.82, 2.24) is 5.32 Å². The van der Waals surface area contributed by atoms with E-state index < -0.39 is 17.7 Å². The first-order chi connectivity index (χ1) is 10.2. The summed E-state index contributed by atoms with van der Waals surface area (Å²) in [6.45, 7) is 5.64. The van der Waals surface area contributed by atoms with Crippen molar-refractivity contribution < 1.29 is 24.2 Å². The van der Waals surface area contributed by atoms with Crippen LogP contribution < -0.4 is 5.32 Å². The Kier molecular flexibility index (Phi) is 5.98. The first kappa shape index (κ1) is 17.6. The van der Waals surface area contributed by atoms with Gasteiger partial charge in [-0.25, -0.2) is 9.59 Å². The van der Waals surface area contributed by atoms with Crippen LogP contribution in [0.25, 0.3) is 6.08 Å². The molecule has 2 N–H and O–H groups in total. The van der Waals surface area contributed by atoms with Gasteiger partial charge >= 0.3 is 12.1 Å². The van der Waals surface area contributed by atoms with Crippen LogP contribution in [-0.4, -0.2) is 36.4 Å². The van der Waals surface area contributed by atoms with Gasteiger partial charge in [0.2, 0.25) is 0 Å². The summed E-state index contributed by atoms with van der Waals surface area (Å²) in [5.74, 6) is -0.756. The second-order valence-electron chi connectivity index (χ2n) is 5.55. The second kappa shape index (κ2) is 7.49. The fourth-order valence-corrected chi connectivity index (χ4v) is 1.59. The Bertz CT molecular complexity index is 572. The summed E-state index contributed by atoms with van der Waals surface area (Å²) in [6, 6.07) is 4.58. The highest BCUT2D eigenvalue weighted by atomic mass is 16.6. The molecule has 0 heterocycles. The van der Waals surface area contributed by atoms with Crippen LogP contribution in [-0.2, 0) is 9.47 Å². The summed E-state index contributed by atoms with van der Waals surface area (Å²) in [5, 5.41) is 12.3. The molecule has 1 amide bonds. The molecule has 0 aliphatic heterocycles. The van der Waals surface area contributed by atoms with E-state index in [0.29, 0.717) is 5.56 Å². The van der Waals surface area contributed by atoms with Crippen LogP contribution in [0.15, 0.2) is 24.3 Å². The number of carbonyl (C=O) groups excluding carboxylic acids is 2. The van der Waals surface area contributed by atoms with E-state index in [1.54, 1.807) is 39.0 Å². The fourth-order valence-electron chi connectivity index (χ4n) is 1.59. The number of amides is 1. The maximum absolute atomic E-state index is 11.4. The van der Waals surface area contributed by atoms with Crippen molar-refractivity contribution in [2.24, 2.45) is 0 Å². The van der Waals surface area contributed by atoms with Gasteiger partial charge in [0.1, 0.15) is 16.9 Å². The molecule has 0 atom stereocenters. The van der Waals surface area contributed by atoms with Gasteiger partial charge in [0.15, 0.2) is 0 Å². The van der Waals surface area contributed by atoms with Gasteiger partial charge in [0.05, 0.1) is 7.11 Å². The van der Waals surface area contributed by atoms with Crippen molar-refractivity contribution in [3.63, 3.8) is 0 Å². The number of benzene rings is 1. The Balaban J connectivity index is 2.56. The van der Waals surface area contributed by atoms with Crippen LogP contribution in [0.2, 0.25) is 0 Å². The van der Waals surface area contributed by atoms with E-state index in [1.165, 1.54) is 19.2 Å². The zero-order valence-electron chi connectivity index (χ0n) is 13.2. The molecule has 0 aliphatic carbocycles. The minimum absolute atomic E-state index is 0.103. The van der Waals surface area contributed by atoms with E-state index >= 15 is 0 Å². The summed E-state index contributed by atoms with van der Waals surface area (Å²) in [5.41, 5.74) is 0.256. The highest BCUT2D eigenvalue weighted by Gasteiger charge is 2.15. The molecule has 1 rings (SSSR count). The molecular weight excluding hydrogens is 286 g/mol. The topological polar surface area (TPSA) is 84.9 Å². The number of methoxy groups -OCH3 is 1. The number of rotatable bonds is 4. The zero-order valence-corrected chi connectivity index (χ0v) is 13.2. The van der Waals surface area contributed by atoms with E-state index in [-0.39, 0.29) is 17.9 Å². The van der Waals surface area contributed by atoms with Gasteiger partial charge in [0.25, 0.3) is 0 Å². The predicted molar refractivity (Wildman–Crippen MR) is 82.7 cm³/mol. The summed E-state index contributed by atoms with van der Waals surface area (Å²) < 4.78 is 9.63. The molecule has 0 bridgehead atoms. The third kappa shape index (κ3) is 5.87. The summed E-state index contributed by atoms with van der Waals surface area (Å²) in [7, 11) is 1.25. The molecular formula is C16H21NO5. The van der Waals surface area contributed by atoms with E-state index in [0.717, 1.165) is 0 Å². The zero-order chi connectivity index (χ0) is 16.8. The standard InChI is InChI=1S/C16H21NO5/c1-16(2,3)22-15(20)17-9-5-6-11-7-8-12(13(18)10-11)14(19)21-4/h5-8,10,18H,9H2,1-4H3,(H,17,20). The summed E-state index contributed by atoms with van der Waals surface area (Å²) in [4.78, 5) is 22.8. The highest BCUT2D eigenvalue weighted by molar-refractivity contribution is 5.92. The van der Waals surface area contributed by atoms with Crippen molar-refractivity contribution in [3.05, 3.63) is 35.4 Å². The van der Waals surface area contributed by atoms with Gasteiger partial charge in [0, 0.05) is 6.54 Å². The molecule has 0 unspecified atom stereocenters. The maximum Gasteiger partial charge on any atom is 0.407 e. The molecule has 120 valence electrons. The Morgan fingerprint density at radius 2 is 2.00 bits per heavy atom. The number of hydrogen-bond donors (Lipinski definition) is 2. The summed E-state index contributed by atoms with van der Waals surface area (Å²) in [6.07, 6.45) is 2.91. The van der Waals surface area contributed by atoms with Crippen molar-refractivity contribution in [3.8, 4) is 5.75 Å². The molecule has 0 aliphatic rings. The number of esters is 1. The number of phenolic OH excluding ortho intramolecular Hbond substituents is 1. The number of nitrogens with one attached hydrogen (secondary N) is 1. The monoisotopic (exact) mass is 307 g/mol. The Morgan fingerprint density at radius 3 is 2.55 bits per heavy atom. The van der Waals surface area contributed by atoms with Crippen LogP contribution in [0.4, 0.5) is 4.79 Å². The van der Waals surface area contributed by atoms with Crippen LogP contribution in [0.3, 0.4) is 0 Å². The smallest absolute Gasteiger partial charge is 0.407 e. The van der Waals surface area contributed by atoms with Crippen LogP contribution in [0.1, 0.15) is 36.7 Å². The van der Waals surface area contributed by atoms with Gasteiger partial charge in [-0.05, 0) is 38.5 Å². The van der Waals surface area contributed by atoms with E-state index in [4.69, 9.17) is 4.74 Å². The minimum atomic E-state index is -0.598. The Morgan fingerprint density at radius 1 is 1.32 bits per heavy atom. The van der Waals surface area contributed by atoms with Gasteiger partial charge in [-0.1, -0.05) is 18.2 Å². The van der Waals surface area contributed by atoms with Crippen molar-refractivity contribution in [1.29, 1.82) is 0 Å². The first-order valence-electron chi connectivity index (χ1n) is 6.77. The molecule has 22 heavy (non-hydrogen) atoms. The lowest BCUT2D eigenvalue weighted by Crippen LogP contribution is -2.32. The molecule has 1 aromatic rings. The molecule has 0 saturated carbocycles. The molecule has 0 aromatic heterocycles. The molecule has 0 saturated heterocycles.